The van der Waals surface area contributed by atoms with Crippen LogP contribution in [0.3, 0.4) is 0 Å². The Bertz CT molecular complexity index is 337. The second-order valence-electron chi connectivity index (χ2n) is 4.82. The molecule has 0 bridgehead atoms. The first-order valence-corrected chi connectivity index (χ1v) is 7.16. The van der Waals surface area contributed by atoms with Gasteiger partial charge in [-0.1, -0.05) is 36.6 Å². The van der Waals surface area contributed by atoms with Crippen molar-refractivity contribution in [2.24, 2.45) is 5.92 Å². The second kappa shape index (κ2) is 6.63. The molecule has 1 saturated carbocycles. The maximum absolute atomic E-state index is 6.33. The van der Waals surface area contributed by atoms with E-state index in [0.717, 1.165) is 18.1 Å². The third kappa shape index (κ3) is 4.17. The van der Waals surface area contributed by atoms with Gasteiger partial charge in [-0.2, -0.15) is 0 Å². The summed E-state index contributed by atoms with van der Waals surface area (Å²) < 4.78 is 0. The number of hydrogen-bond donors (Lipinski definition) is 1. The quantitative estimate of drug-likeness (QED) is 0.809. The van der Waals surface area contributed by atoms with Crippen molar-refractivity contribution in [3.8, 4) is 0 Å². The van der Waals surface area contributed by atoms with Crippen LogP contribution < -0.4 is 5.32 Å². The fourth-order valence-electron chi connectivity index (χ4n) is 2.40. The van der Waals surface area contributed by atoms with E-state index in [4.69, 9.17) is 23.2 Å². The van der Waals surface area contributed by atoms with Gasteiger partial charge >= 0.3 is 0 Å². The highest BCUT2D eigenvalue weighted by Gasteiger charge is 2.22. The summed E-state index contributed by atoms with van der Waals surface area (Å²) in [5.74, 6) is 0.637. The van der Waals surface area contributed by atoms with E-state index in [1.165, 1.54) is 31.2 Å². The number of rotatable bonds is 4. The average molecular weight is 272 g/mol. The summed E-state index contributed by atoms with van der Waals surface area (Å²) in [6.45, 7) is 1.92. The average Bonchev–Trinajstić information content (AvgIpc) is 2.34. The lowest BCUT2D eigenvalue weighted by atomic mass is 9.89. The van der Waals surface area contributed by atoms with Crippen molar-refractivity contribution in [2.45, 2.75) is 37.6 Å². The lowest BCUT2D eigenvalue weighted by Gasteiger charge is -2.27. The Labute approximate surface area is 114 Å². The predicted octanol–water partition coefficient (Wildman–Crippen LogP) is 4.23. The monoisotopic (exact) mass is 271 g/mol. The minimum Gasteiger partial charge on any atom is -0.312 e. The van der Waals surface area contributed by atoms with Crippen LogP contribution >= 0.6 is 23.2 Å². The van der Waals surface area contributed by atoms with Gasteiger partial charge in [0, 0.05) is 16.9 Å². The Kier molecular flexibility index (Phi) is 5.15. The zero-order valence-corrected chi connectivity index (χ0v) is 11.5. The summed E-state index contributed by atoms with van der Waals surface area (Å²) in [6, 6.07) is 8.00. The Morgan fingerprint density at radius 2 is 1.82 bits per heavy atom. The van der Waals surface area contributed by atoms with E-state index in [0.29, 0.717) is 11.3 Å². The molecular weight excluding hydrogens is 253 g/mol. The van der Waals surface area contributed by atoms with Crippen LogP contribution in [0, 0.1) is 5.92 Å². The topological polar surface area (TPSA) is 12.0 Å². The highest BCUT2D eigenvalue weighted by molar-refractivity contribution is 6.30. The molecule has 0 spiro atoms. The van der Waals surface area contributed by atoms with Crippen molar-refractivity contribution in [1.82, 2.24) is 5.32 Å². The highest BCUT2D eigenvalue weighted by Crippen LogP contribution is 2.28. The Hall–Kier alpha value is -0.240. The minimum absolute atomic E-state index is 0.362. The van der Waals surface area contributed by atoms with Crippen molar-refractivity contribution in [2.75, 3.05) is 6.54 Å². The molecule has 17 heavy (non-hydrogen) atoms. The molecule has 3 heteroatoms. The Morgan fingerprint density at radius 1 is 1.12 bits per heavy atom. The predicted molar refractivity (Wildman–Crippen MR) is 74.8 cm³/mol. The van der Waals surface area contributed by atoms with Gasteiger partial charge in [0.25, 0.3) is 0 Å². The molecule has 0 saturated heterocycles. The third-order valence-electron chi connectivity index (χ3n) is 3.47. The summed E-state index contributed by atoms with van der Waals surface area (Å²) in [5.41, 5.74) is 1.27. The first-order chi connectivity index (χ1) is 8.25. The molecule has 2 rings (SSSR count). The van der Waals surface area contributed by atoms with E-state index in [1.807, 2.05) is 12.1 Å². The normalized spacial score (nSPS) is 24.8. The van der Waals surface area contributed by atoms with Crippen LogP contribution in [0.5, 0.6) is 0 Å². The number of halogens is 2. The molecule has 1 aliphatic carbocycles. The Morgan fingerprint density at radius 3 is 2.53 bits per heavy atom. The summed E-state index contributed by atoms with van der Waals surface area (Å²) in [5, 5.41) is 4.65. The fraction of sp³-hybridized carbons (Fsp3) is 0.571. The van der Waals surface area contributed by atoms with Crippen LogP contribution in [-0.2, 0) is 6.54 Å². The maximum atomic E-state index is 6.33. The van der Waals surface area contributed by atoms with E-state index in [9.17, 15) is 0 Å². The van der Waals surface area contributed by atoms with E-state index < -0.39 is 0 Å². The smallest absolute Gasteiger partial charge is 0.0406 e. The molecule has 0 aliphatic heterocycles. The van der Waals surface area contributed by atoms with Crippen molar-refractivity contribution in [3.05, 3.63) is 34.9 Å². The molecule has 1 fully saturated rings. The molecule has 2 atom stereocenters. The fourth-order valence-corrected chi connectivity index (χ4v) is 2.89. The molecule has 2 unspecified atom stereocenters. The standard InChI is InChI=1S/C14H19Cl2N/c15-13-7-5-11(6-8-13)9-17-10-12-3-1-2-4-14(12)16/h5-8,12,14,17H,1-4,9-10H2. The van der Waals surface area contributed by atoms with Gasteiger partial charge in [0.1, 0.15) is 0 Å². The lowest BCUT2D eigenvalue weighted by Crippen LogP contribution is -2.30. The van der Waals surface area contributed by atoms with Gasteiger partial charge < -0.3 is 5.32 Å². The van der Waals surface area contributed by atoms with Gasteiger partial charge in [-0.05, 0) is 43.0 Å². The lowest BCUT2D eigenvalue weighted by molar-refractivity contribution is 0.348. The van der Waals surface area contributed by atoms with Gasteiger partial charge in [-0.25, -0.2) is 0 Å². The van der Waals surface area contributed by atoms with E-state index in [-0.39, 0.29) is 0 Å². The van der Waals surface area contributed by atoms with Crippen LogP contribution in [0.25, 0.3) is 0 Å². The zero-order chi connectivity index (χ0) is 12.1. The van der Waals surface area contributed by atoms with Gasteiger partial charge in [-0.15, -0.1) is 11.6 Å². The van der Waals surface area contributed by atoms with Crippen LogP contribution in [0.1, 0.15) is 31.2 Å². The van der Waals surface area contributed by atoms with Crippen LogP contribution in [0.15, 0.2) is 24.3 Å². The molecule has 0 radical (unpaired) electrons. The number of benzene rings is 1. The molecule has 0 amide bonds. The number of nitrogens with one attached hydrogen (secondary N) is 1. The van der Waals surface area contributed by atoms with Gasteiger partial charge in [-0.3, -0.25) is 0 Å². The minimum atomic E-state index is 0.362. The molecule has 1 aromatic carbocycles. The summed E-state index contributed by atoms with van der Waals surface area (Å²) in [7, 11) is 0. The summed E-state index contributed by atoms with van der Waals surface area (Å²) in [4.78, 5) is 0. The number of hydrogen-bond acceptors (Lipinski definition) is 1. The second-order valence-corrected chi connectivity index (χ2v) is 5.81. The Balaban J connectivity index is 1.73. The van der Waals surface area contributed by atoms with E-state index in [1.54, 1.807) is 0 Å². The third-order valence-corrected chi connectivity index (χ3v) is 4.29. The molecular formula is C14H19Cl2N. The molecule has 94 valence electrons. The SMILES string of the molecule is Clc1ccc(CNCC2CCCCC2Cl)cc1. The van der Waals surface area contributed by atoms with Crippen molar-refractivity contribution >= 4 is 23.2 Å². The highest BCUT2D eigenvalue weighted by atomic mass is 35.5. The van der Waals surface area contributed by atoms with E-state index >= 15 is 0 Å². The van der Waals surface area contributed by atoms with Gasteiger partial charge in [0.15, 0.2) is 0 Å². The van der Waals surface area contributed by atoms with E-state index in [2.05, 4.69) is 17.4 Å². The van der Waals surface area contributed by atoms with Crippen molar-refractivity contribution < 1.29 is 0 Å². The van der Waals surface area contributed by atoms with Gasteiger partial charge in [0.2, 0.25) is 0 Å². The largest absolute Gasteiger partial charge is 0.312 e. The van der Waals surface area contributed by atoms with Crippen LogP contribution in [0.4, 0.5) is 0 Å². The van der Waals surface area contributed by atoms with Crippen LogP contribution in [-0.4, -0.2) is 11.9 Å². The zero-order valence-electron chi connectivity index (χ0n) is 9.96. The summed E-state index contributed by atoms with van der Waals surface area (Å²) in [6.07, 6.45) is 5.06. The molecule has 0 heterocycles. The first kappa shape index (κ1) is 13.2. The van der Waals surface area contributed by atoms with Gasteiger partial charge in [0.05, 0.1) is 0 Å². The summed E-state index contributed by atoms with van der Waals surface area (Å²) >= 11 is 12.2. The van der Waals surface area contributed by atoms with Crippen LogP contribution in [0.2, 0.25) is 5.02 Å². The first-order valence-electron chi connectivity index (χ1n) is 6.35. The maximum Gasteiger partial charge on any atom is 0.0406 e. The van der Waals surface area contributed by atoms with Crippen molar-refractivity contribution in [1.29, 1.82) is 0 Å². The van der Waals surface area contributed by atoms with Crippen molar-refractivity contribution in [3.63, 3.8) is 0 Å². The molecule has 1 N–H and O–H groups in total. The molecule has 1 nitrogen and oxygen atoms in total. The molecule has 1 aliphatic rings. The number of alkyl halides is 1. The molecule has 0 aromatic heterocycles. The molecule has 1 aromatic rings.